The number of hydrogen-bond acceptors (Lipinski definition) is 2. The second-order valence-corrected chi connectivity index (χ2v) is 4.96. The van der Waals surface area contributed by atoms with Gasteiger partial charge in [0.05, 0.1) is 10.6 Å². The lowest BCUT2D eigenvalue weighted by molar-refractivity contribution is -0.122. The van der Waals surface area contributed by atoms with Gasteiger partial charge in [0.25, 0.3) is 0 Å². The molecule has 0 spiro atoms. The molecule has 2 N–H and O–H groups in total. The predicted octanol–water partition coefficient (Wildman–Crippen LogP) is 2.95. The highest BCUT2D eigenvalue weighted by molar-refractivity contribution is 6.30. The van der Waals surface area contributed by atoms with Crippen LogP contribution >= 0.6 is 11.6 Å². The summed E-state index contributed by atoms with van der Waals surface area (Å²) in [5, 5.41) is 6.03. The van der Waals surface area contributed by atoms with Crippen molar-refractivity contribution in [3.05, 3.63) is 29.0 Å². The molecule has 1 atom stereocenters. The highest BCUT2D eigenvalue weighted by Crippen LogP contribution is 2.26. The quantitative estimate of drug-likeness (QED) is 0.887. The molecule has 3 nitrogen and oxygen atoms in total. The summed E-state index contributed by atoms with van der Waals surface area (Å²) in [6, 6.07) is 4.27. The maximum atomic E-state index is 13.3. The average molecular weight is 271 g/mol. The Balaban J connectivity index is 2.13. The fraction of sp³-hybridized carbons (Fsp3) is 0.462. The van der Waals surface area contributed by atoms with E-state index in [4.69, 9.17) is 11.6 Å². The van der Waals surface area contributed by atoms with Crippen molar-refractivity contribution in [3.8, 4) is 0 Å². The van der Waals surface area contributed by atoms with Gasteiger partial charge in [-0.05, 0) is 44.0 Å². The smallest absolute Gasteiger partial charge is 0.244 e. The topological polar surface area (TPSA) is 41.1 Å². The molecule has 0 aromatic heterocycles. The lowest BCUT2D eigenvalue weighted by atomic mass is 9.93. The molecule has 1 unspecified atom stereocenters. The van der Waals surface area contributed by atoms with Crippen molar-refractivity contribution in [2.24, 2.45) is 0 Å². The number of benzene rings is 1. The van der Waals surface area contributed by atoms with Crippen molar-refractivity contribution in [3.63, 3.8) is 0 Å². The first kappa shape index (κ1) is 13.3. The third-order valence-electron chi connectivity index (χ3n) is 3.46. The summed E-state index contributed by atoms with van der Waals surface area (Å²) < 4.78 is 13.3. The zero-order valence-electron chi connectivity index (χ0n) is 10.2. The molecular weight excluding hydrogens is 255 g/mol. The minimum atomic E-state index is -0.528. The number of anilines is 1. The van der Waals surface area contributed by atoms with Gasteiger partial charge >= 0.3 is 0 Å². The molecule has 1 aromatic rings. The maximum absolute atomic E-state index is 13.3. The van der Waals surface area contributed by atoms with Gasteiger partial charge in [0.1, 0.15) is 5.82 Å². The van der Waals surface area contributed by atoms with Crippen LogP contribution < -0.4 is 10.6 Å². The van der Waals surface area contributed by atoms with Crippen molar-refractivity contribution in [2.45, 2.75) is 31.7 Å². The van der Waals surface area contributed by atoms with E-state index in [0.29, 0.717) is 5.69 Å². The summed E-state index contributed by atoms with van der Waals surface area (Å²) in [4.78, 5) is 12.2. The summed E-state index contributed by atoms with van der Waals surface area (Å²) >= 11 is 5.60. The van der Waals surface area contributed by atoms with E-state index >= 15 is 0 Å². The number of carbonyl (C=O) groups excluding carboxylic acids is 1. The van der Waals surface area contributed by atoms with Gasteiger partial charge in [0, 0.05) is 5.69 Å². The Morgan fingerprint density at radius 3 is 2.94 bits per heavy atom. The van der Waals surface area contributed by atoms with E-state index in [9.17, 15) is 9.18 Å². The van der Waals surface area contributed by atoms with Crippen LogP contribution in [0.15, 0.2) is 18.2 Å². The minimum absolute atomic E-state index is 0.0530. The SMILES string of the molecule is CCC1(C(=O)Nc2ccc(Cl)c(F)c2)CCCN1. The zero-order valence-corrected chi connectivity index (χ0v) is 11.0. The number of amides is 1. The Kier molecular flexibility index (Phi) is 3.88. The zero-order chi connectivity index (χ0) is 13.2. The minimum Gasteiger partial charge on any atom is -0.324 e. The molecule has 18 heavy (non-hydrogen) atoms. The van der Waals surface area contributed by atoms with Crippen molar-refractivity contribution >= 4 is 23.2 Å². The summed E-state index contributed by atoms with van der Waals surface area (Å²) in [6.45, 7) is 2.82. The summed E-state index contributed by atoms with van der Waals surface area (Å²) in [5.41, 5.74) is -0.0840. The number of nitrogens with one attached hydrogen (secondary N) is 2. The van der Waals surface area contributed by atoms with E-state index in [1.54, 1.807) is 6.07 Å². The highest BCUT2D eigenvalue weighted by atomic mass is 35.5. The Morgan fingerprint density at radius 1 is 1.61 bits per heavy atom. The molecule has 1 aliphatic rings. The molecule has 1 amide bonds. The van der Waals surface area contributed by atoms with Crippen molar-refractivity contribution < 1.29 is 9.18 Å². The lowest BCUT2D eigenvalue weighted by Gasteiger charge is -2.26. The molecule has 0 saturated carbocycles. The second kappa shape index (κ2) is 5.24. The van der Waals surface area contributed by atoms with Gasteiger partial charge in [0.15, 0.2) is 0 Å². The lowest BCUT2D eigenvalue weighted by Crippen LogP contribution is -2.50. The van der Waals surface area contributed by atoms with Gasteiger partial charge in [-0.15, -0.1) is 0 Å². The van der Waals surface area contributed by atoms with Crippen LogP contribution in [-0.2, 0) is 4.79 Å². The van der Waals surface area contributed by atoms with Gasteiger partial charge < -0.3 is 10.6 Å². The highest BCUT2D eigenvalue weighted by Gasteiger charge is 2.39. The number of carbonyl (C=O) groups is 1. The van der Waals surface area contributed by atoms with E-state index < -0.39 is 11.4 Å². The first-order valence-electron chi connectivity index (χ1n) is 6.09. The van der Waals surface area contributed by atoms with Gasteiger partial charge in [-0.25, -0.2) is 4.39 Å². The molecule has 1 aromatic carbocycles. The molecule has 1 aliphatic heterocycles. The summed E-state index contributed by atoms with van der Waals surface area (Å²) in [5.74, 6) is -0.636. The fourth-order valence-electron chi connectivity index (χ4n) is 2.29. The molecule has 0 aliphatic carbocycles. The van der Waals surface area contributed by atoms with E-state index in [-0.39, 0.29) is 10.9 Å². The van der Waals surface area contributed by atoms with Gasteiger partial charge in [-0.3, -0.25) is 4.79 Å². The normalized spacial score (nSPS) is 23.1. The summed E-state index contributed by atoms with van der Waals surface area (Å²) in [6.07, 6.45) is 2.51. The Bertz CT molecular complexity index is 458. The standard InChI is InChI=1S/C13H16ClFN2O/c1-2-13(6-3-7-16-13)12(18)17-9-4-5-10(14)11(15)8-9/h4-5,8,16H,2-3,6-7H2,1H3,(H,17,18). The average Bonchev–Trinajstić information content (AvgIpc) is 2.84. The number of halogens is 2. The van der Waals surface area contributed by atoms with Crippen LogP contribution in [0.2, 0.25) is 5.02 Å². The predicted molar refractivity (Wildman–Crippen MR) is 70.3 cm³/mol. The van der Waals surface area contributed by atoms with E-state index in [1.807, 2.05) is 6.92 Å². The van der Waals surface area contributed by atoms with Crippen LogP contribution in [0.25, 0.3) is 0 Å². The summed E-state index contributed by atoms with van der Waals surface area (Å²) in [7, 11) is 0. The molecule has 1 heterocycles. The van der Waals surface area contributed by atoms with Crippen LogP contribution in [0.5, 0.6) is 0 Å². The van der Waals surface area contributed by atoms with E-state index in [0.717, 1.165) is 25.8 Å². The molecule has 0 bridgehead atoms. The van der Waals surface area contributed by atoms with Crippen molar-refractivity contribution in [1.29, 1.82) is 0 Å². The molecule has 5 heteroatoms. The molecule has 1 fully saturated rings. The van der Waals surface area contributed by atoms with Crippen LogP contribution in [-0.4, -0.2) is 18.0 Å². The molecule has 0 radical (unpaired) electrons. The van der Waals surface area contributed by atoms with Gasteiger partial charge in [-0.2, -0.15) is 0 Å². The second-order valence-electron chi connectivity index (χ2n) is 4.55. The number of rotatable bonds is 3. The molecule has 98 valence electrons. The van der Waals surface area contributed by atoms with E-state index in [1.165, 1.54) is 12.1 Å². The fourth-order valence-corrected chi connectivity index (χ4v) is 2.40. The van der Waals surface area contributed by atoms with Gasteiger partial charge in [-0.1, -0.05) is 18.5 Å². The van der Waals surface area contributed by atoms with Crippen LogP contribution in [0, 0.1) is 5.82 Å². The third kappa shape index (κ3) is 2.49. The first-order chi connectivity index (χ1) is 8.57. The van der Waals surface area contributed by atoms with Gasteiger partial charge in [0.2, 0.25) is 5.91 Å². The monoisotopic (exact) mass is 270 g/mol. The maximum Gasteiger partial charge on any atom is 0.244 e. The Morgan fingerprint density at radius 2 is 2.39 bits per heavy atom. The van der Waals surface area contributed by atoms with Crippen LogP contribution in [0.1, 0.15) is 26.2 Å². The third-order valence-corrected chi connectivity index (χ3v) is 3.77. The van der Waals surface area contributed by atoms with Crippen LogP contribution in [0.3, 0.4) is 0 Å². The van der Waals surface area contributed by atoms with E-state index in [2.05, 4.69) is 10.6 Å². The molecular formula is C13H16ClFN2O. The molecule has 1 saturated heterocycles. The Hall–Kier alpha value is -1.13. The number of hydrogen-bond donors (Lipinski definition) is 2. The van der Waals surface area contributed by atoms with Crippen molar-refractivity contribution in [2.75, 3.05) is 11.9 Å². The Labute approximate surface area is 111 Å². The van der Waals surface area contributed by atoms with Crippen LogP contribution in [0.4, 0.5) is 10.1 Å². The largest absolute Gasteiger partial charge is 0.324 e. The first-order valence-corrected chi connectivity index (χ1v) is 6.47. The van der Waals surface area contributed by atoms with Crippen molar-refractivity contribution in [1.82, 2.24) is 5.32 Å². The molecule has 2 rings (SSSR count).